The van der Waals surface area contributed by atoms with E-state index in [2.05, 4.69) is 10.1 Å². The zero-order valence-electron chi connectivity index (χ0n) is 11.1. The summed E-state index contributed by atoms with van der Waals surface area (Å²) < 4.78 is 18.3. The zero-order chi connectivity index (χ0) is 15.4. The molecule has 0 aliphatic carbocycles. The Balaban J connectivity index is 2.10. The minimum atomic E-state index is -0.700. The number of carbonyl (C=O) groups is 1. The molecule has 6 heteroatoms. The van der Waals surface area contributed by atoms with E-state index >= 15 is 0 Å². The molecule has 0 aliphatic rings. The summed E-state index contributed by atoms with van der Waals surface area (Å²) in [6, 6.07) is 9.38. The van der Waals surface area contributed by atoms with Gasteiger partial charge in [0.25, 0.3) is 0 Å². The van der Waals surface area contributed by atoms with Crippen LogP contribution in [0.2, 0.25) is 10.0 Å². The van der Waals surface area contributed by atoms with Gasteiger partial charge in [0.05, 0.1) is 12.7 Å². The van der Waals surface area contributed by atoms with E-state index in [0.717, 1.165) is 5.69 Å². The first kappa shape index (κ1) is 15.6. The number of methoxy groups -OCH3 is 1. The highest BCUT2D eigenvalue weighted by Crippen LogP contribution is 2.23. The Morgan fingerprint density at radius 2 is 1.86 bits per heavy atom. The zero-order valence-corrected chi connectivity index (χ0v) is 12.6. The summed E-state index contributed by atoms with van der Waals surface area (Å²) in [6.45, 7) is 0.370. The predicted octanol–water partition coefficient (Wildman–Crippen LogP) is 4.53. The molecule has 110 valence electrons. The van der Waals surface area contributed by atoms with Crippen LogP contribution in [0.4, 0.5) is 10.1 Å². The molecule has 3 nitrogen and oxygen atoms in total. The van der Waals surface area contributed by atoms with Crippen LogP contribution in [0.15, 0.2) is 36.4 Å². The maximum Gasteiger partial charge on any atom is 0.340 e. The first-order chi connectivity index (χ1) is 9.99. The van der Waals surface area contributed by atoms with Crippen molar-refractivity contribution in [2.75, 3.05) is 12.4 Å². The van der Waals surface area contributed by atoms with E-state index in [-0.39, 0.29) is 5.56 Å². The third-order valence-corrected chi connectivity index (χ3v) is 3.23. The van der Waals surface area contributed by atoms with Crippen molar-refractivity contribution >= 4 is 34.9 Å². The summed E-state index contributed by atoms with van der Waals surface area (Å²) in [6.07, 6.45) is 0. The van der Waals surface area contributed by atoms with Crippen molar-refractivity contribution in [3.05, 3.63) is 63.4 Å². The van der Waals surface area contributed by atoms with Gasteiger partial charge in [-0.2, -0.15) is 0 Å². The second kappa shape index (κ2) is 6.78. The maximum absolute atomic E-state index is 13.8. The van der Waals surface area contributed by atoms with E-state index in [4.69, 9.17) is 23.2 Å². The molecule has 2 aromatic carbocycles. The summed E-state index contributed by atoms with van der Waals surface area (Å²) in [5, 5.41) is 4.10. The number of rotatable bonds is 4. The number of ether oxygens (including phenoxy) is 1. The standard InChI is InChI=1S/C15H12Cl2FNO2/c1-21-15(20)13-3-2-9(4-14(13)18)8-19-12-6-10(16)5-11(17)7-12/h2-7,19H,8H2,1H3. The van der Waals surface area contributed by atoms with Crippen molar-refractivity contribution in [1.82, 2.24) is 0 Å². The van der Waals surface area contributed by atoms with Crippen molar-refractivity contribution in [2.45, 2.75) is 6.54 Å². The highest BCUT2D eigenvalue weighted by molar-refractivity contribution is 6.35. The number of halogens is 3. The summed E-state index contributed by atoms with van der Waals surface area (Å²) in [4.78, 5) is 11.3. The molecular weight excluding hydrogens is 316 g/mol. The molecule has 0 unspecified atom stereocenters. The monoisotopic (exact) mass is 327 g/mol. The Morgan fingerprint density at radius 1 is 1.19 bits per heavy atom. The van der Waals surface area contributed by atoms with Crippen molar-refractivity contribution in [3.63, 3.8) is 0 Å². The molecule has 0 amide bonds. The van der Waals surface area contributed by atoms with Gasteiger partial charge in [0.1, 0.15) is 5.82 Å². The van der Waals surface area contributed by atoms with Crippen molar-refractivity contribution < 1.29 is 13.9 Å². The van der Waals surface area contributed by atoms with Crippen LogP contribution in [0.25, 0.3) is 0 Å². The molecule has 0 aliphatic heterocycles. The number of hydrogen-bond acceptors (Lipinski definition) is 3. The van der Waals surface area contributed by atoms with E-state index in [9.17, 15) is 9.18 Å². The fourth-order valence-electron chi connectivity index (χ4n) is 1.80. The van der Waals surface area contributed by atoms with Crippen molar-refractivity contribution in [1.29, 1.82) is 0 Å². The van der Waals surface area contributed by atoms with E-state index in [1.54, 1.807) is 24.3 Å². The maximum atomic E-state index is 13.8. The molecular formula is C15H12Cl2FNO2. The lowest BCUT2D eigenvalue weighted by atomic mass is 10.1. The minimum Gasteiger partial charge on any atom is -0.465 e. The number of esters is 1. The number of hydrogen-bond donors (Lipinski definition) is 1. The molecule has 21 heavy (non-hydrogen) atoms. The molecule has 0 saturated carbocycles. The quantitative estimate of drug-likeness (QED) is 0.838. The normalized spacial score (nSPS) is 10.3. The van der Waals surface area contributed by atoms with E-state index in [1.165, 1.54) is 19.2 Å². The molecule has 1 N–H and O–H groups in total. The van der Waals surface area contributed by atoms with Crippen LogP contribution in [0.5, 0.6) is 0 Å². The van der Waals surface area contributed by atoms with Crippen LogP contribution in [-0.4, -0.2) is 13.1 Å². The van der Waals surface area contributed by atoms with Crippen LogP contribution >= 0.6 is 23.2 Å². The third kappa shape index (κ3) is 4.09. The average Bonchev–Trinajstić information content (AvgIpc) is 2.43. The van der Waals surface area contributed by atoms with Crippen LogP contribution < -0.4 is 5.32 Å². The lowest BCUT2D eigenvalue weighted by Crippen LogP contribution is -2.06. The van der Waals surface area contributed by atoms with E-state index in [1.807, 2.05) is 0 Å². The summed E-state index contributed by atoms with van der Waals surface area (Å²) >= 11 is 11.8. The molecule has 0 saturated heterocycles. The highest BCUT2D eigenvalue weighted by Gasteiger charge is 2.12. The highest BCUT2D eigenvalue weighted by atomic mass is 35.5. The Labute approximate surface area is 131 Å². The molecule has 0 bridgehead atoms. The van der Waals surface area contributed by atoms with Gasteiger partial charge in [0.2, 0.25) is 0 Å². The molecule has 2 rings (SSSR count). The van der Waals surface area contributed by atoms with E-state index < -0.39 is 11.8 Å². The third-order valence-electron chi connectivity index (χ3n) is 2.80. The second-order valence-electron chi connectivity index (χ2n) is 4.32. The van der Waals surface area contributed by atoms with Gasteiger partial charge >= 0.3 is 5.97 Å². The van der Waals surface area contributed by atoms with E-state index in [0.29, 0.717) is 22.2 Å². The lowest BCUT2D eigenvalue weighted by molar-refractivity contribution is 0.0595. The molecule has 2 aromatic rings. The van der Waals surface area contributed by atoms with Gasteiger partial charge in [0, 0.05) is 22.3 Å². The van der Waals surface area contributed by atoms with Gasteiger partial charge in [-0.15, -0.1) is 0 Å². The largest absolute Gasteiger partial charge is 0.465 e. The van der Waals surface area contributed by atoms with Crippen LogP contribution in [0.1, 0.15) is 15.9 Å². The van der Waals surface area contributed by atoms with Crippen LogP contribution in [0.3, 0.4) is 0 Å². The fourth-order valence-corrected chi connectivity index (χ4v) is 2.33. The Hall–Kier alpha value is -1.78. The second-order valence-corrected chi connectivity index (χ2v) is 5.19. The number of benzene rings is 2. The van der Waals surface area contributed by atoms with Gasteiger partial charge in [-0.3, -0.25) is 0 Å². The Bertz CT molecular complexity index is 656. The number of nitrogens with one attached hydrogen (secondary N) is 1. The van der Waals surface area contributed by atoms with Crippen molar-refractivity contribution in [3.8, 4) is 0 Å². The van der Waals surface area contributed by atoms with Crippen LogP contribution in [-0.2, 0) is 11.3 Å². The molecule has 0 aromatic heterocycles. The molecule has 0 spiro atoms. The van der Waals surface area contributed by atoms with Crippen molar-refractivity contribution in [2.24, 2.45) is 0 Å². The topological polar surface area (TPSA) is 38.3 Å². The Morgan fingerprint density at radius 3 is 2.43 bits per heavy atom. The number of anilines is 1. The van der Waals surface area contributed by atoms with Gasteiger partial charge < -0.3 is 10.1 Å². The fraction of sp³-hybridized carbons (Fsp3) is 0.133. The summed E-state index contributed by atoms with van der Waals surface area (Å²) in [5.41, 5.74) is 1.31. The first-order valence-electron chi connectivity index (χ1n) is 6.06. The average molecular weight is 328 g/mol. The summed E-state index contributed by atoms with van der Waals surface area (Å²) in [5.74, 6) is -1.32. The molecule has 0 radical (unpaired) electrons. The van der Waals surface area contributed by atoms with Gasteiger partial charge in [-0.05, 0) is 35.9 Å². The minimum absolute atomic E-state index is 0.0907. The SMILES string of the molecule is COC(=O)c1ccc(CNc2cc(Cl)cc(Cl)c2)cc1F. The Kier molecular flexibility index (Phi) is 5.04. The molecule has 0 heterocycles. The molecule has 0 atom stereocenters. The van der Waals surface area contributed by atoms with Gasteiger partial charge in [0.15, 0.2) is 0 Å². The molecule has 0 fully saturated rings. The lowest BCUT2D eigenvalue weighted by Gasteiger charge is -2.09. The smallest absolute Gasteiger partial charge is 0.340 e. The number of carbonyl (C=O) groups excluding carboxylic acids is 1. The van der Waals surface area contributed by atoms with Gasteiger partial charge in [-0.25, -0.2) is 9.18 Å². The van der Waals surface area contributed by atoms with Gasteiger partial charge in [-0.1, -0.05) is 29.3 Å². The van der Waals surface area contributed by atoms with Crippen LogP contribution in [0, 0.1) is 5.82 Å². The first-order valence-corrected chi connectivity index (χ1v) is 6.82. The summed E-state index contributed by atoms with van der Waals surface area (Å²) in [7, 11) is 1.21. The predicted molar refractivity (Wildman–Crippen MR) is 81.5 cm³/mol.